The number of halogens is 1. The lowest BCUT2D eigenvalue weighted by Gasteiger charge is -2.41. The summed E-state index contributed by atoms with van der Waals surface area (Å²) >= 11 is 6.06. The van der Waals surface area contributed by atoms with E-state index in [0.717, 1.165) is 24.7 Å². The highest BCUT2D eigenvalue weighted by atomic mass is 35.5. The average molecular weight is 267 g/mol. The Morgan fingerprint density at radius 1 is 1.44 bits per heavy atom. The smallest absolute Gasteiger partial charge is 0.0409 e. The van der Waals surface area contributed by atoms with Gasteiger partial charge in [-0.3, -0.25) is 4.90 Å². The van der Waals surface area contributed by atoms with E-state index in [1.807, 2.05) is 12.1 Å². The van der Waals surface area contributed by atoms with E-state index >= 15 is 0 Å². The molecule has 1 aliphatic rings. The van der Waals surface area contributed by atoms with Crippen molar-refractivity contribution in [2.75, 3.05) is 13.1 Å². The molecule has 1 saturated heterocycles. The summed E-state index contributed by atoms with van der Waals surface area (Å²) in [6, 6.07) is 9.39. The van der Waals surface area contributed by atoms with Crippen LogP contribution >= 0.6 is 11.6 Å². The minimum Gasteiger partial charge on any atom is -0.311 e. The third-order valence-electron chi connectivity index (χ3n) is 3.70. The first-order chi connectivity index (χ1) is 8.56. The van der Waals surface area contributed by atoms with Gasteiger partial charge in [0, 0.05) is 36.7 Å². The highest BCUT2D eigenvalue weighted by molar-refractivity contribution is 6.30. The predicted octanol–water partition coefficient (Wildman–Crippen LogP) is 3.16. The number of rotatable bonds is 3. The van der Waals surface area contributed by atoms with Crippen molar-refractivity contribution in [1.82, 2.24) is 10.2 Å². The molecule has 18 heavy (non-hydrogen) atoms. The lowest BCUT2D eigenvalue weighted by atomic mass is 9.98. The fourth-order valence-electron chi connectivity index (χ4n) is 2.71. The van der Waals surface area contributed by atoms with Crippen LogP contribution in [0.5, 0.6) is 0 Å². The van der Waals surface area contributed by atoms with Crippen molar-refractivity contribution >= 4 is 11.6 Å². The number of nitrogens with zero attached hydrogens (tertiary/aromatic N) is 1. The fourth-order valence-corrected chi connectivity index (χ4v) is 2.92. The van der Waals surface area contributed by atoms with Crippen molar-refractivity contribution in [3.63, 3.8) is 0 Å². The fraction of sp³-hybridized carbons (Fsp3) is 0.600. The second kappa shape index (κ2) is 6.05. The topological polar surface area (TPSA) is 15.3 Å². The van der Waals surface area contributed by atoms with Crippen LogP contribution < -0.4 is 5.32 Å². The maximum absolute atomic E-state index is 6.06. The molecule has 0 bridgehead atoms. The second-order valence-corrected chi connectivity index (χ2v) is 6.12. The number of benzene rings is 1. The van der Waals surface area contributed by atoms with Crippen molar-refractivity contribution < 1.29 is 0 Å². The van der Waals surface area contributed by atoms with E-state index in [4.69, 9.17) is 11.6 Å². The minimum absolute atomic E-state index is 0.569. The molecule has 1 heterocycles. The van der Waals surface area contributed by atoms with Crippen LogP contribution in [0.2, 0.25) is 5.02 Å². The van der Waals surface area contributed by atoms with E-state index < -0.39 is 0 Å². The summed E-state index contributed by atoms with van der Waals surface area (Å²) < 4.78 is 0. The predicted molar refractivity (Wildman–Crippen MR) is 78.0 cm³/mol. The zero-order valence-corrected chi connectivity index (χ0v) is 12.2. The largest absolute Gasteiger partial charge is 0.311 e. The van der Waals surface area contributed by atoms with E-state index in [1.165, 1.54) is 5.56 Å². The average Bonchev–Trinajstić information content (AvgIpc) is 2.28. The molecule has 0 radical (unpaired) electrons. The van der Waals surface area contributed by atoms with Crippen molar-refractivity contribution in [1.29, 1.82) is 0 Å². The molecule has 1 N–H and O–H groups in total. The first-order valence-corrected chi connectivity index (χ1v) is 7.16. The molecule has 0 amide bonds. The summed E-state index contributed by atoms with van der Waals surface area (Å²) in [4.78, 5) is 2.58. The molecule has 100 valence electrons. The summed E-state index contributed by atoms with van der Waals surface area (Å²) in [6.07, 6.45) is 0. The van der Waals surface area contributed by atoms with Gasteiger partial charge in [0.2, 0.25) is 0 Å². The molecule has 0 aromatic heterocycles. The lowest BCUT2D eigenvalue weighted by molar-refractivity contribution is 0.0956. The van der Waals surface area contributed by atoms with Gasteiger partial charge in [0.1, 0.15) is 0 Å². The molecule has 2 nitrogen and oxygen atoms in total. The van der Waals surface area contributed by atoms with Crippen LogP contribution in [-0.2, 0) is 6.54 Å². The molecule has 1 aromatic carbocycles. The maximum Gasteiger partial charge on any atom is 0.0409 e. The maximum atomic E-state index is 6.06. The molecule has 1 aliphatic heterocycles. The summed E-state index contributed by atoms with van der Waals surface area (Å²) in [7, 11) is 0. The standard InChI is InChI=1S/C15H23ClN2/c1-11(2)15-8-17-12(3)9-18(15)10-13-5-4-6-14(16)7-13/h4-7,11-12,15,17H,8-10H2,1-3H3. The SMILES string of the molecule is CC1CN(Cc2cccc(Cl)c2)C(C(C)C)CN1. The molecule has 1 aromatic rings. The molecular formula is C15H23ClN2. The van der Waals surface area contributed by atoms with Crippen LogP contribution in [0.1, 0.15) is 26.3 Å². The molecule has 2 atom stereocenters. The van der Waals surface area contributed by atoms with Gasteiger partial charge in [0.05, 0.1) is 0 Å². The Kier molecular flexibility index (Phi) is 4.66. The number of hydrogen-bond donors (Lipinski definition) is 1. The zero-order valence-electron chi connectivity index (χ0n) is 11.5. The van der Waals surface area contributed by atoms with Gasteiger partial charge in [-0.1, -0.05) is 37.6 Å². The molecule has 1 fully saturated rings. The first-order valence-electron chi connectivity index (χ1n) is 6.78. The number of hydrogen-bond acceptors (Lipinski definition) is 2. The van der Waals surface area contributed by atoms with Crippen molar-refractivity contribution in [3.8, 4) is 0 Å². The molecule has 2 rings (SSSR count). The van der Waals surface area contributed by atoms with Gasteiger partial charge in [0.25, 0.3) is 0 Å². The van der Waals surface area contributed by atoms with Crippen molar-refractivity contribution in [2.24, 2.45) is 5.92 Å². The van der Waals surface area contributed by atoms with Gasteiger partial charge in [-0.15, -0.1) is 0 Å². The van der Waals surface area contributed by atoms with Gasteiger partial charge in [-0.25, -0.2) is 0 Å². The zero-order chi connectivity index (χ0) is 13.1. The summed E-state index contributed by atoms with van der Waals surface area (Å²) in [6.45, 7) is 10.0. The van der Waals surface area contributed by atoms with E-state index in [9.17, 15) is 0 Å². The molecular weight excluding hydrogens is 244 g/mol. The monoisotopic (exact) mass is 266 g/mol. The van der Waals surface area contributed by atoms with Crippen LogP contribution in [0.15, 0.2) is 24.3 Å². The second-order valence-electron chi connectivity index (χ2n) is 5.68. The van der Waals surface area contributed by atoms with Crippen LogP contribution in [0.25, 0.3) is 0 Å². The third-order valence-corrected chi connectivity index (χ3v) is 3.93. The van der Waals surface area contributed by atoms with Crippen LogP contribution in [0, 0.1) is 5.92 Å². The Hall–Kier alpha value is -0.570. The Balaban J connectivity index is 2.08. The normalized spacial score (nSPS) is 25.6. The molecule has 3 heteroatoms. The summed E-state index contributed by atoms with van der Waals surface area (Å²) in [5, 5.41) is 4.40. The molecule has 0 spiro atoms. The highest BCUT2D eigenvalue weighted by Gasteiger charge is 2.27. The number of nitrogens with one attached hydrogen (secondary N) is 1. The first kappa shape index (κ1) is 13.9. The molecule has 2 unspecified atom stereocenters. The van der Waals surface area contributed by atoms with Crippen molar-refractivity contribution in [2.45, 2.75) is 39.4 Å². The van der Waals surface area contributed by atoms with Crippen LogP contribution in [0.4, 0.5) is 0 Å². The summed E-state index contributed by atoms with van der Waals surface area (Å²) in [5.41, 5.74) is 1.31. The molecule has 0 saturated carbocycles. The Morgan fingerprint density at radius 2 is 2.22 bits per heavy atom. The van der Waals surface area contributed by atoms with E-state index in [-0.39, 0.29) is 0 Å². The summed E-state index contributed by atoms with van der Waals surface area (Å²) in [5.74, 6) is 0.671. The lowest BCUT2D eigenvalue weighted by Crippen LogP contribution is -2.56. The highest BCUT2D eigenvalue weighted by Crippen LogP contribution is 2.19. The Labute approximate surface area is 115 Å². The Bertz CT molecular complexity index is 392. The van der Waals surface area contributed by atoms with Gasteiger partial charge in [-0.05, 0) is 30.5 Å². The molecule has 0 aliphatic carbocycles. The van der Waals surface area contributed by atoms with E-state index in [2.05, 4.69) is 43.1 Å². The minimum atomic E-state index is 0.569. The van der Waals surface area contributed by atoms with E-state index in [0.29, 0.717) is 18.0 Å². The van der Waals surface area contributed by atoms with Gasteiger partial charge >= 0.3 is 0 Å². The van der Waals surface area contributed by atoms with Gasteiger partial charge in [-0.2, -0.15) is 0 Å². The third kappa shape index (κ3) is 3.47. The number of piperazine rings is 1. The van der Waals surface area contributed by atoms with Crippen LogP contribution in [-0.4, -0.2) is 30.1 Å². The van der Waals surface area contributed by atoms with Gasteiger partial charge < -0.3 is 5.32 Å². The van der Waals surface area contributed by atoms with Crippen LogP contribution in [0.3, 0.4) is 0 Å². The van der Waals surface area contributed by atoms with E-state index in [1.54, 1.807) is 0 Å². The quantitative estimate of drug-likeness (QED) is 0.904. The Morgan fingerprint density at radius 3 is 2.89 bits per heavy atom. The van der Waals surface area contributed by atoms with Crippen molar-refractivity contribution in [3.05, 3.63) is 34.9 Å². The van der Waals surface area contributed by atoms with Gasteiger partial charge in [0.15, 0.2) is 0 Å².